The van der Waals surface area contributed by atoms with E-state index in [4.69, 9.17) is 5.11 Å². The maximum atomic E-state index is 10.5. The average molecular weight is 369 g/mol. The largest absolute Gasteiger partial charge is 1.00 e. The van der Waals surface area contributed by atoms with E-state index in [1.807, 2.05) is 0 Å². The van der Waals surface area contributed by atoms with Gasteiger partial charge in [-0.25, -0.2) is 8.42 Å². The number of hydrogen-bond donors (Lipinski definition) is 1. The monoisotopic (exact) mass is 367 g/mol. The van der Waals surface area contributed by atoms with Crippen molar-refractivity contribution in [1.82, 2.24) is 4.98 Å². The van der Waals surface area contributed by atoms with Gasteiger partial charge in [0, 0.05) is 15.1 Å². The van der Waals surface area contributed by atoms with Crippen molar-refractivity contribution in [2.24, 2.45) is 0 Å². The summed E-state index contributed by atoms with van der Waals surface area (Å²) in [5.41, 5.74) is -2.37. The molecule has 0 fully saturated rings. The first-order valence-electron chi connectivity index (χ1n) is 3.26. The van der Waals surface area contributed by atoms with Crippen LogP contribution in [0.25, 0.3) is 0 Å². The Kier molecular flexibility index (Phi) is 6.46. The summed E-state index contributed by atoms with van der Waals surface area (Å²) in [6.07, 6.45) is 1.29. The van der Waals surface area contributed by atoms with Gasteiger partial charge in [-0.3, -0.25) is 4.98 Å². The molecule has 9 heteroatoms. The zero-order chi connectivity index (χ0) is 10.9. The van der Waals surface area contributed by atoms with Crippen LogP contribution in [-0.2, 0) is 10.1 Å². The van der Waals surface area contributed by atoms with Gasteiger partial charge in [0.15, 0.2) is 5.44 Å². The third kappa shape index (κ3) is 4.39. The van der Waals surface area contributed by atoms with Crippen LogP contribution in [0.4, 0.5) is 0 Å². The first kappa shape index (κ1) is 16.0. The predicted molar refractivity (Wildman–Crippen MR) is 54.3 cm³/mol. The van der Waals surface area contributed by atoms with Crippen LogP contribution >= 0.6 is 31.9 Å². The molecule has 0 amide bonds. The van der Waals surface area contributed by atoms with Gasteiger partial charge in [-0.2, -0.15) is 0 Å². The van der Waals surface area contributed by atoms with E-state index in [1.165, 1.54) is 12.3 Å². The van der Waals surface area contributed by atoms with E-state index in [9.17, 15) is 13.0 Å². The summed E-state index contributed by atoms with van der Waals surface area (Å²) in [6, 6.07) is 1.48. The Hall–Kier alpha value is 0.980. The topological polar surface area (TPSA) is 90.3 Å². The van der Waals surface area contributed by atoms with E-state index < -0.39 is 15.6 Å². The molecule has 0 bridgehead atoms. The summed E-state index contributed by atoms with van der Waals surface area (Å²) in [5, 5.41) is 9.12. The van der Waals surface area contributed by atoms with E-state index in [1.54, 1.807) is 0 Å². The Balaban J connectivity index is 0.00000196. The molecule has 0 aromatic carbocycles. The second kappa shape index (κ2) is 6.06. The van der Waals surface area contributed by atoms with Gasteiger partial charge in [0.25, 0.3) is 0 Å². The van der Waals surface area contributed by atoms with Crippen molar-refractivity contribution in [1.29, 1.82) is 0 Å². The van der Waals surface area contributed by atoms with Crippen LogP contribution in [0.2, 0.25) is 0 Å². The van der Waals surface area contributed by atoms with Crippen LogP contribution < -0.4 is 29.6 Å². The molecule has 1 heterocycles. The normalized spacial score (nSPS) is 13.1. The van der Waals surface area contributed by atoms with Crippen LogP contribution in [0, 0.1) is 0 Å². The minimum absolute atomic E-state index is 0. The molecule has 0 radical (unpaired) electrons. The van der Waals surface area contributed by atoms with Crippen molar-refractivity contribution in [3.63, 3.8) is 0 Å². The van der Waals surface area contributed by atoms with Gasteiger partial charge in [0.1, 0.15) is 10.1 Å². The second-order valence-corrected chi connectivity index (χ2v) is 5.57. The molecular weight excluding hydrogens is 365 g/mol. The number of hydrogen-bond acceptors (Lipinski definition) is 5. The molecule has 1 rings (SSSR count). The molecule has 0 spiro atoms. The predicted octanol–water partition coefficient (Wildman–Crippen LogP) is -1.85. The molecule has 0 saturated heterocycles. The van der Waals surface area contributed by atoms with Gasteiger partial charge in [0.2, 0.25) is 0 Å². The molecule has 1 atom stereocenters. The molecule has 15 heavy (non-hydrogen) atoms. The fourth-order valence-electron chi connectivity index (χ4n) is 0.744. The summed E-state index contributed by atoms with van der Waals surface area (Å²) in [6.45, 7) is 0. The zero-order valence-corrected chi connectivity index (χ0v) is 13.5. The van der Waals surface area contributed by atoms with E-state index >= 15 is 0 Å². The molecular formula is C6H4Br2NNaO4S. The fraction of sp³-hybridized carbons (Fsp3) is 0.167. The van der Waals surface area contributed by atoms with Crippen LogP contribution in [0.3, 0.4) is 0 Å². The van der Waals surface area contributed by atoms with Crippen LogP contribution in [-0.4, -0.2) is 23.1 Å². The zero-order valence-electron chi connectivity index (χ0n) is 7.52. The van der Waals surface area contributed by atoms with Crippen LogP contribution in [0.5, 0.6) is 0 Å². The number of pyridine rings is 1. The van der Waals surface area contributed by atoms with Gasteiger partial charge in [0.05, 0.1) is 5.69 Å². The quantitative estimate of drug-likeness (QED) is 0.488. The molecule has 1 unspecified atom stereocenters. The van der Waals surface area contributed by atoms with Gasteiger partial charge >= 0.3 is 29.6 Å². The van der Waals surface area contributed by atoms with E-state index in [0.29, 0.717) is 4.47 Å². The van der Waals surface area contributed by atoms with E-state index in [-0.39, 0.29) is 39.7 Å². The summed E-state index contributed by atoms with van der Waals surface area (Å²) in [4.78, 5) is 3.62. The van der Waals surface area contributed by atoms with Crippen molar-refractivity contribution >= 4 is 42.0 Å². The maximum Gasteiger partial charge on any atom is 1.00 e. The maximum absolute atomic E-state index is 10.5. The van der Waals surface area contributed by atoms with Crippen molar-refractivity contribution < 1.29 is 47.6 Å². The molecule has 0 aliphatic carbocycles. The number of halogens is 2. The molecule has 0 aliphatic rings. The smallest absolute Gasteiger partial charge is 0.746 e. The second-order valence-electron chi connectivity index (χ2n) is 2.37. The molecule has 1 N–H and O–H groups in total. The minimum atomic E-state index is -4.79. The molecule has 5 nitrogen and oxygen atoms in total. The molecule has 1 aromatic heterocycles. The van der Waals surface area contributed by atoms with Gasteiger partial charge in [-0.05, 0) is 37.9 Å². The number of aliphatic hydroxyl groups excluding tert-OH is 1. The molecule has 0 saturated carbocycles. The van der Waals surface area contributed by atoms with Crippen molar-refractivity contribution in [3.05, 3.63) is 26.9 Å². The van der Waals surface area contributed by atoms with Gasteiger partial charge < -0.3 is 9.66 Å². The number of aromatic nitrogens is 1. The standard InChI is InChI=1S/C6H5Br2NO4S.Na/c7-3-1-4(8)5(9-2-3)6(10)14(11,12)13;/h1-2,6,10H,(H,11,12,13);/q;+1/p-1. The molecule has 1 aromatic rings. The number of rotatable bonds is 2. The minimum Gasteiger partial charge on any atom is -0.746 e. The summed E-state index contributed by atoms with van der Waals surface area (Å²) in [7, 11) is -4.79. The van der Waals surface area contributed by atoms with Crippen LogP contribution in [0.1, 0.15) is 11.1 Å². The van der Waals surface area contributed by atoms with Crippen molar-refractivity contribution in [2.75, 3.05) is 0 Å². The third-order valence-electron chi connectivity index (χ3n) is 1.34. The SMILES string of the molecule is O=S(=O)([O-])C(O)c1ncc(Br)cc1Br.[Na+]. The van der Waals surface area contributed by atoms with E-state index in [2.05, 4.69) is 36.8 Å². The summed E-state index contributed by atoms with van der Waals surface area (Å²) >= 11 is 6.08. The van der Waals surface area contributed by atoms with Gasteiger partial charge in [-0.1, -0.05) is 0 Å². The Labute approximate surface area is 126 Å². The summed E-state index contributed by atoms with van der Waals surface area (Å²) < 4.78 is 32.3. The Morgan fingerprint density at radius 3 is 2.40 bits per heavy atom. The van der Waals surface area contributed by atoms with Crippen molar-refractivity contribution in [2.45, 2.75) is 5.44 Å². The Morgan fingerprint density at radius 2 is 2.00 bits per heavy atom. The Morgan fingerprint density at radius 1 is 1.47 bits per heavy atom. The molecule has 78 valence electrons. The fourth-order valence-corrected chi connectivity index (χ4v) is 2.56. The van der Waals surface area contributed by atoms with Crippen LogP contribution in [0.15, 0.2) is 21.2 Å². The average Bonchev–Trinajstić information content (AvgIpc) is 2.01. The number of nitrogens with zero attached hydrogens (tertiary/aromatic N) is 1. The summed E-state index contributed by atoms with van der Waals surface area (Å²) in [5.74, 6) is 0. The molecule has 0 aliphatic heterocycles. The van der Waals surface area contributed by atoms with Gasteiger partial charge in [-0.15, -0.1) is 0 Å². The van der Waals surface area contributed by atoms with Crippen molar-refractivity contribution in [3.8, 4) is 0 Å². The first-order chi connectivity index (χ1) is 6.32. The van der Waals surface area contributed by atoms with E-state index in [0.717, 1.165) is 0 Å². The first-order valence-corrected chi connectivity index (χ1v) is 6.32. The third-order valence-corrected chi connectivity index (χ3v) is 3.18. The number of aliphatic hydroxyl groups is 1. The Bertz CT molecular complexity index is 452.